The molecular formula is C12H19NO. The lowest BCUT2D eigenvalue weighted by Crippen LogP contribution is -2.13. The molecule has 2 heteroatoms. The van der Waals surface area contributed by atoms with Gasteiger partial charge in [0.2, 0.25) is 0 Å². The zero-order valence-electron chi connectivity index (χ0n) is 9.64. The molecule has 0 spiro atoms. The Labute approximate surface area is 86.3 Å². The number of benzene rings is 1. The third-order valence-corrected chi connectivity index (χ3v) is 2.68. The van der Waals surface area contributed by atoms with E-state index in [0.29, 0.717) is 6.04 Å². The maximum atomic E-state index is 5.27. The number of ether oxygens (including phenoxy) is 1. The monoisotopic (exact) mass is 193 g/mol. The number of rotatable bonds is 3. The van der Waals surface area contributed by atoms with Gasteiger partial charge in [0.15, 0.2) is 0 Å². The first-order valence-corrected chi connectivity index (χ1v) is 4.92. The van der Waals surface area contributed by atoms with Crippen molar-refractivity contribution in [2.24, 2.45) is 0 Å². The zero-order chi connectivity index (χ0) is 10.7. The van der Waals surface area contributed by atoms with Crippen LogP contribution in [0.4, 0.5) is 0 Å². The molecule has 78 valence electrons. The van der Waals surface area contributed by atoms with Gasteiger partial charge >= 0.3 is 0 Å². The maximum Gasteiger partial charge on any atom is 0.122 e. The summed E-state index contributed by atoms with van der Waals surface area (Å²) in [5.41, 5.74) is 3.80. The Kier molecular flexibility index (Phi) is 3.53. The van der Waals surface area contributed by atoms with Gasteiger partial charge in [-0.2, -0.15) is 0 Å². The molecule has 0 aliphatic rings. The second kappa shape index (κ2) is 4.47. The van der Waals surface area contributed by atoms with Gasteiger partial charge in [0.25, 0.3) is 0 Å². The summed E-state index contributed by atoms with van der Waals surface area (Å²) in [5, 5.41) is 3.25. The van der Waals surface area contributed by atoms with Crippen LogP contribution in [-0.2, 0) is 0 Å². The quantitative estimate of drug-likeness (QED) is 0.796. The third-order valence-electron chi connectivity index (χ3n) is 2.68. The first kappa shape index (κ1) is 11.1. The van der Waals surface area contributed by atoms with E-state index >= 15 is 0 Å². The van der Waals surface area contributed by atoms with Crippen LogP contribution in [0, 0.1) is 13.8 Å². The van der Waals surface area contributed by atoms with Gasteiger partial charge in [-0.05, 0) is 50.6 Å². The van der Waals surface area contributed by atoms with E-state index in [1.54, 1.807) is 7.11 Å². The van der Waals surface area contributed by atoms with E-state index in [0.717, 1.165) is 5.75 Å². The number of hydrogen-bond donors (Lipinski definition) is 1. The van der Waals surface area contributed by atoms with Gasteiger partial charge in [-0.15, -0.1) is 0 Å². The highest BCUT2D eigenvalue weighted by Gasteiger charge is 2.09. The highest BCUT2D eigenvalue weighted by atomic mass is 16.5. The van der Waals surface area contributed by atoms with Gasteiger partial charge in [-0.25, -0.2) is 0 Å². The van der Waals surface area contributed by atoms with Crippen LogP contribution < -0.4 is 10.1 Å². The first-order valence-electron chi connectivity index (χ1n) is 4.92. The molecule has 0 saturated heterocycles. The van der Waals surface area contributed by atoms with E-state index < -0.39 is 0 Å². The normalized spacial score (nSPS) is 12.6. The second-order valence-corrected chi connectivity index (χ2v) is 3.69. The molecule has 0 unspecified atom stereocenters. The summed E-state index contributed by atoms with van der Waals surface area (Å²) in [6.07, 6.45) is 0. The fraction of sp³-hybridized carbons (Fsp3) is 0.500. The zero-order valence-corrected chi connectivity index (χ0v) is 9.64. The van der Waals surface area contributed by atoms with Crippen molar-refractivity contribution in [3.05, 3.63) is 28.8 Å². The minimum absolute atomic E-state index is 0.389. The van der Waals surface area contributed by atoms with Crippen molar-refractivity contribution in [2.45, 2.75) is 26.8 Å². The molecule has 0 heterocycles. The lowest BCUT2D eigenvalue weighted by molar-refractivity contribution is 0.411. The van der Waals surface area contributed by atoms with Crippen LogP contribution in [0.15, 0.2) is 12.1 Å². The van der Waals surface area contributed by atoms with Crippen LogP contribution in [0.5, 0.6) is 5.75 Å². The smallest absolute Gasteiger partial charge is 0.122 e. The lowest BCUT2D eigenvalue weighted by Gasteiger charge is -2.16. The molecule has 1 aromatic carbocycles. The molecule has 1 aromatic rings. The second-order valence-electron chi connectivity index (χ2n) is 3.69. The molecule has 0 radical (unpaired) electrons. The van der Waals surface area contributed by atoms with Crippen molar-refractivity contribution in [3.63, 3.8) is 0 Å². The van der Waals surface area contributed by atoms with Gasteiger partial charge < -0.3 is 10.1 Å². The van der Waals surface area contributed by atoms with Crippen LogP contribution >= 0.6 is 0 Å². The molecule has 0 aliphatic carbocycles. The van der Waals surface area contributed by atoms with Crippen molar-refractivity contribution in [2.75, 3.05) is 14.2 Å². The SMILES string of the molecule is CN[C@@H](C)c1cc(C)c(OC)cc1C. The molecule has 0 saturated carbocycles. The number of aryl methyl sites for hydroxylation is 2. The first-order chi connectivity index (χ1) is 6.60. The number of methoxy groups -OCH3 is 1. The van der Waals surface area contributed by atoms with Crippen molar-refractivity contribution in [1.29, 1.82) is 0 Å². The summed E-state index contributed by atoms with van der Waals surface area (Å²) in [6, 6.07) is 4.67. The summed E-state index contributed by atoms with van der Waals surface area (Å²) in [5.74, 6) is 0.967. The summed E-state index contributed by atoms with van der Waals surface area (Å²) in [7, 11) is 3.69. The lowest BCUT2D eigenvalue weighted by atomic mass is 9.99. The highest BCUT2D eigenvalue weighted by Crippen LogP contribution is 2.26. The van der Waals surface area contributed by atoms with Crippen LogP contribution in [0.2, 0.25) is 0 Å². The molecule has 2 nitrogen and oxygen atoms in total. The Hall–Kier alpha value is -1.02. The Morgan fingerprint density at radius 1 is 1.21 bits per heavy atom. The fourth-order valence-electron chi connectivity index (χ4n) is 1.65. The molecule has 0 amide bonds. The maximum absolute atomic E-state index is 5.27. The van der Waals surface area contributed by atoms with Gasteiger partial charge in [-0.1, -0.05) is 6.07 Å². The van der Waals surface area contributed by atoms with Gasteiger partial charge in [0.05, 0.1) is 7.11 Å². The minimum Gasteiger partial charge on any atom is -0.496 e. The molecule has 14 heavy (non-hydrogen) atoms. The highest BCUT2D eigenvalue weighted by molar-refractivity contribution is 5.42. The molecule has 0 aromatic heterocycles. The van der Waals surface area contributed by atoms with E-state index in [2.05, 4.69) is 38.2 Å². The molecule has 1 N–H and O–H groups in total. The predicted octanol–water partition coefficient (Wildman–Crippen LogP) is 2.59. The number of nitrogens with one attached hydrogen (secondary N) is 1. The van der Waals surface area contributed by atoms with E-state index in [1.165, 1.54) is 16.7 Å². The van der Waals surface area contributed by atoms with Gasteiger partial charge in [-0.3, -0.25) is 0 Å². The van der Waals surface area contributed by atoms with Crippen molar-refractivity contribution < 1.29 is 4.74 Å². The van der Waals surface area contributed by atoms with Crippen LogP contribution in [0.1, 0.15) is 29.7 Å². The van der Waals surface area contributed by atoms with Crippen molar-refractivity contribution in [3.8, 4) is 5.75 Å². The molecule has 0 bridgehead atoms. The van der Waals surface area contributed by atoms with Gasteiger partial charge in [0, 0.05) is 6.04 Å². The van der Waals surface area contributed by atoms with Crippen LogP contribution in [-0.4, -0.2) is 14.2 Å². The van der Waals surface area contributed by atoms with Crippen molar-refractivity contribution in [1.82, 2.24) is 5.32 Å². The predicted molar refractivity (Wildman–Crippen MR) is 59.9 cm³/mol. The standard InChI is InChI=1S/C12H19NO/c1-8-7-12(14-5)9(2)6-11(8)10(3)13-4/h6-7,10,13H,1-5H3/t10-/m0/s1. The van der Waals surface area contributed by atoms with E-state index in [-0.39, 0.29) is 0 Å². The fourth-order valence-corrected chi connectivity index (χ4v) is 1.65. The Balaban J connectivity index is 3.14. The molecule has 0 fully saturated rings. The Morgan fingerprint density at radius 3 is 2.36 bits per heavy atom. The topological polar surface area (TPSA) is 21.3 Å². The average molecular weight is 193 g/mol. The summed E-state index contributed by atoms with van der Waals surface area (Å²) in [4.78, 5) is 0. The average Bonchev–Trinajstić information content (AvgIpc) is 2.19. The third kappa shape index (κ3) is 2.07. The molecular weight excluding hydrogens is 174 g/mol. The number of hydrogen-bond acceptors (Lipinski definition) is 2. The van der Waals surface area contributed by atoms with Crippen LogP contribution in [0.3, 0.4) is 0 Å². The minimum atomic E-state index is 0.389. The summed E-state index contributed by atoms with van der Waals surface area (Å²) in [6.45, 7) is 6.35. The molecule has 1 atom stereocenters. The summed E-state index contributed by atoms with van der Waals surface area (Å²) >= 11 is 0. The van der Waals surface area contributed by atoms with E-state index in [9.17, 15) is 0 Å². The largest absolute Gasteiger partial charge is 0.496 e. The summed E-state index contributed by atoms with van der Waals surface area (Å²) < 4.78 is 5.27. The Morgan fingerprint density at radius 2 is 1.86 bits per heavy atom. The molecule has 0 aliphatic heterocycles. The molecule has 1 rings (SSSR count). The van der Waals surface area contributed by atoms with E-state index in [1.807, 2.05) is 7.05 Å². The van der Waals surface area contributed by atoms with Crippen LogP contribution in [0.25, 0.3) is 0 Å². The van der Waals surface area contributed by atoms with Crippen molar-refractivity contribution >= 4 is 0 Å². The Bertz CT molecular complexity index is 320. The van der Waals surface area contributed by atoms with E-state index in [4.69, 9.17) is 4.74 Å². The van der Waals surface area contributed by atoms with Gasteiger partial charge in [0.1, 0.15) is 5.75 Å².